The quantitative estimate of drug-likeness (QED) is 0.647. The molecule has 0 amide bonds. The summed E-state index contributed by atoms with van der Waals surface area (Å²) in [6, 6.07) is 6.16. The molecule has 0 aliphatic rings. The standard InChI is InChI=1S/C13H20ClNO/c1-13(2,3)9-6-7-11(16-5)10(8-9)12(14)15-4/h6-8,12,15H,1-5H3. The van der Waals surface area contributed by atoms with Gasteiger partial charge in [-0.3, -0.25) is 0 Å². The lowest BCUT2D eigenvalue weighted by Gasteiger charge is -2.22. The summed E-state index contributed by atoms with van der Waals surface area (Å²) < 4.78 is 5.31. The number of rotatable bonds is 3. The molecule has 0 fully saturated rings. The zero-order valence-corrected chi connectivity index (χ0v) is 11.4. The number of nitrogens with one attached hydrogen (secondary N) is 1. The first-order chi connectivity index (χ1) is 7.40. The van der Waals surface area contributed by atoms with Crippen LogP contribution in [0, 0.1) is 0 Å². The highest BCUT2D eigenvalue weighted by atomic mass is 35.5. The Morgan fingerprint density at radius 3 is 2.38 bits per heavy atom. The van der Waals surface area contributed by atoms with Crippen molar-refractivity contribution < 1.29 is 4.74 Å². The van der Waals surface area contributed by atoms with E-state index in [1.807, 2.05) is 13.1 Å². The molecule has 0 spiro atoms. The van der Waals surface area contributed by atoms with Crippen molar-refractivity contribution in [3.63, 3.8) is 0 Å². The summed E-state index contributed by atoms with van der Waals surface area (Å²) in [5.74, 6) is 0.822. The fourth-order valence-corrected chi connectivity index (χ4v) is 1.72. The molecule has 0 aliphatic heterocycles. The third kappa shape index (κ3) is 2.89. The molecule has 0 bridgehead atoms. The Labute approximate surface area is 103 Å². The van der Waals surface area contributed by atoms with E-state index in [-0.39, 0.29) is 10.9 Å². The van der Waals surface area contributed by atoms with Crippen LogP contribution in [0.5, 0.6) is 5.75 Å². The molecule has 1 atom stereocenters. The number of halogens is 1. The average molecular weight is 242 g/mol. The van der Waals surface area contributed by atoms with Crippen LogP contribution in [0.25, 0.3) is 0 Å². The smallest absolute Gasteiger partial charge is 0.124 e. The molecule has 0 aromatic heterocycles. The Hall–Kier alpha value is -0.730. The minimum atomic E-state index is -0.225. The number of hydrogen-bond donors (Lipinski definition) is 1. The highest BCUT2D eigenvalue weighted by molar-refractivity contribution is 6.20. The first-order valence-electron chi connectivity index (χ1n) is 5.40. The molecule has 16 heavy (non-hydrogen) atoms. The van der Waals surface area contributed by atoms with E-state index in [1.54, 1.807) is 7.11 Å². The first kappa shape index (κ1) is 13.3. The largest absolute Gasteiger partial charge is 0.496 e. The maximum absolute atomic E-state index is 6.21. The van der Waals surface area contributed by atoms with E-state index in [9.17, 15) is 0 Å². The molecule has 0 aliphatic carbocycles. The summed E-state index contributed by atoms with van der Waals surface area (Å²) in [4.78, 5) is 0. The van der Waals surface area contributed by atoms with Gasteiger partial charge in [0.25, 0.3) is 0 Å². The lowest BCUT2D eigenvalue weighted by atomic mass is 9.86. The third-order valence-electron chi connectivity index (χ3n) is 2.62. The van der Waals surface area contributed by atoms with Crippen LogP contribution >= 0.6 is 11.6 Å². The van der Waals surface area contributed by atoms with Crippen LogP contribution in [0.1, 0.15) is 37.4 Å². The van der Waals surface area contributed by atoms with Crippen molar-refractivity contribution in [1.82, 2.24) is 5.32 Å². The Morgan fingerprint density at radius 1 is 1.31 bits per heavy atom. The van der Waals surface area contributed by atoms with Crippen molar-refractivity contribution in [1.29, 1.82) is 0 Å². The molecular weight excluding hydrogens is 222 g/mol. The van der Waals surface area contributed by atoms with Crippen molar-refractivity contribution in [3.8, 4) is 5.75 Å². The normalized spacial score (nSPS) is 13.6. The van der Waals surface area contributed by atoms with E-state index in [4.69, 9.17) is 16.3 Å². The molecule has 2 nitrogen and oxygen atoms in total. The van der Waals surface area contributed by atoms with E-state index in [0.717, 1.165) is 11.3 Å². The van der Waals surface area contributed by atoms with E-state index >= 15 is 0 Å². The summed E-state index contributed by atoms with van der Waals surface area (Å²) >= 11 is 6.21. The minimum absolute atomic E-state index is 0.116. The molecule has 0 saturated carbocycles. The Kier molecular flexibility index (Phi) is 4.22. The molecule has 0 heterocycles. The number of benzene rings is 1. The van der Waals surface area contributed by atoms with Gasteiger partial charge in [-0.2, -0.15) is 0 Å². The van der Waals surface area contributed by atoms with Gasteiger partial charge in [0.15, 0.2) is 0 Å². The van der Waals surface area contributed by atoms with Crippen LogP contribution in [0.2, 0.25) is 0 Å². The second-order valence-corrected chi connectivity index (χ2v) is 5.29. The second kappa shape index (κ2) is 5.07. The molecule has 1 N–H and O–H groups in total. The van der Waals surface area contributed by atoms with Gasteiger partial charge in [0.05, 0.1) is 7.11 Å². The predicted molar refractivity (Wildman–Crippen MR) is 69.3 cm³/mol. The summed E-state index contributed by atoms with van der Waals surface area (Å²) in [7, 11) is 3.50. The van der Waals surface area contributed by atoms with Gasteiger partial charge in [-0.1, -0.05) is 26.8 Å². The Morgan fingerprint density at radius 2 is 1.94 bits per heavy atom. The highest BCUT2D eigenvalue weighted by Gasteiger charge is 2.18. The lowest BCUT2D eigenvalue weighted by Crippen LogP contribution is -2.15. The van der Waals surface area contributed by atoms with Crippen molar-refractivity contribution in [3.05, 3.63) is 29.3 Å². The molecule has 0 saturated heterocycles. The van der Waals surface area contributed by atoms with Gasteiger partial charge < -0.3 is 10.1 Å². The van der Waals surface area contributed by atoms with Crippen LogP contribution in [0.15, 0.2) is 18.2 Å². The van der Waals surface area contributed by atoms with Gasteiger partial charge in [-0.05, 0) is 30.2 Å². The average Bonchev–Trinajstić information content (AvgIpc) is 2.25. The molecule has 90 valence electrons. The van der Waals surface area contributed by atoms with Crippen LogP contribution in [-0.2, 0) is 5.41 Å². The summed E-state index contributed by atoms with van der Waals surface area (Å²) in [5, 5.41) is 3.02. The molecule has 1 aromatic rings. The van der Waals surface area contributed by atoms with E-state index in [1.165, 1.54) is 5.56 Å². The van der Waals surface area contributed by atoms with E-state index < -0.39 is 0 Å². The summed E-state index contributed by atoms with van der Waals surface area (Å²) in [6.45, 7) is 6.55. The molecule has 0 radical (unpaired) electrons. The third-order valence-corrected chi connectivity index (χ3v) is 3.08. The van der Waals surface area contributed by atoms with Gasteiger partial charge in [-0.15, -0.1) is 11.6 Å². The number of ether oxygens (including phenoxy) is 1. The molecule has 1 aromatic carbocycles. The second-order valence-electron chi connectivity index (χ2n) is 4.86. The van der Waals surface area contributed by atoms with Crippen molar-refractivity contribution >= 4 is 11.6 Å². The zero-order chi connectivity index (χ0) is 12.3. The van der Waals surface area contributed by atoms with Gasteiger partial charge in [0, 0.05) is 5.56 Å². The maximum atomic E-state index is 6.21. The van der Waals surface area contributed by atoms with Gasteiger partial charge >= 0.3 is 0 Å². The highest BCUT2D eigenvalue weighted by Crippen LogP contribution is 2.32. The van der Waals surface area contributed by atoms with Gasteiger partial charge in [0.2, 0.25) is 0 Å². The summed E-state index contributed by atoms with van der Waals surface area (Å²) in [5.41, 5.74) is 2.13. The van der Waals surface area contributed by atoms with E-state index in [0.29, 0.717) is 0 Å². The maximum Gasteiger partial charge on any atom is 0.124 e. The summed E-state index contributed by atoms with van der Waals surface area (Å²) in [6.07, 6.45) is 0. The van der Waals surface area contributed by atoms with Crippen LogP contribution in [0.4, 0.5) is 0 Å². The number of methoxy groups -OCH3 is 1. The molecular formula is C13H20ClNO. The van der Waals surface area contributed by atoms with Crippen molar-refractivity contribution in [2.24, 2.45) is 0 Å². The number of hydrogen-bond acceptors (Lipinski definition) is 2. The molecule has 3 heteroatoms. The van der Waals surface area contributed by atoms with Crippen LogP contribution < -0.4 is 10.1 Å². The lowest BCUT2D eigenvalue weighted by molar-refractivity contribution is 0.407. The van der Waals surface area contributed by atoms with Gasteiger partial charge in [0.1, 0.15) is 11.3 Å². The van der Waals surface area contributed by atoms with Crippen LogP contribution in [0.3, 0.4) is 0 Å². The fraction of sp³-hybridized carbons (Fsp3) is 0.538. The zero-order valence-electron chi connectivity index (χ0n) is 10.6. The Bertz CT molecular complexity index is 357. The van der Waals surface area contributed by atoms with E-state index in [2.05, 4.69) is 38.2 Å². The number of alkyl halides is 1. The predicted octanol–water partition coefficient (Wildman–Crippen LogP) is 3.45. The fourth-order valence-electron chi connectivity index (χ4n) is 1.55. The topological polar surface area (TPSA) is 21.3 Å². The van der Waals surface area contributed by atoms with Crippen LogP contribution in [-0.4, -0.2) is 14.2 Å². The minimum Gasteiger partial charge on any atom is -0.496 e. The van der Waals surface area contributed by atoms with Crippen molar-refractivity contribution in [2.75, 3.05) is 14.2 Å². The SMILES string of the molecule is CNC(Cl)c1cc(C(C)(C)C)ccc1OC. The Balaban J connectivity index is 3.21. The van der Waals surface area contributed by atoms with Crippen molar-refractivity contribution in [2.45, 2.75) is 31.7 Å². The monoisotopic (exact) mass is 241 g/mol. The van der Waals surface area contributed by atoms with Gasteiger partial charge in [-0.25, -0.2) is 0 Å². The first-order valence-corrected chi connectivity index (χ1v) is 5.83. The molecule has 1 unspecified atom stereocenters. The molecule has 1 rings (SSSR count).